The fourth-order valence-electron chi connectivity index (χ4n) is 1.67. The first-order valence-electron chi connectivity index (χ1n) is 6.03. The maximum atomic E-state index is 12.2. The summed E-state index contributed by atoms with van der Waals surface area (Å²) in [4.78, 5) is 13.1. The number of carbonyl (C=O) groups excluding carboxylic acids is 1. The molecule has 0 aliphatic rings. The van der Waals surface area contributed by atoms with Crippen LogP contribution in [0.3, 0.4) is 0 Å². The van der Waals surface area contributed by atoms with Gasteiger partial charge in [0.15, 0.2) is 0 Å². The van der Waals surface area contributed by atoms with Crippen molar-refractivity contribution in [2.75, 3.05) is 12.3 Å². The van der Waals surface area contributed by atoms with Gasteiger partial charge in [-0.05, 0) is 46.4 Å². The molecular formula is C14H14BrNO3S. The van der Waals surface area contributed by atoms with E-state index in [9.17, 15) is 4.79 Å². The maximum Gasteiger partial charge on any atom is 0.344 e. The molecule has 0 spiro atoms. The van der Waals surface area contributed by atoms with Gasteiger partial charge in [-0.1, -0.05) is 6.07 Å². The van der Waals surface area contributed by atoms with Crippen LogP contribution in [0.25, 0.3) is 0 Å². The number of nitrogens with two attached hydrogens (primary N) is 1. The molecule has 0 bridgehead atoms. The van der Waals surface area contributed by atoms with Crippen molar-refractivity contribution >= 4 is 38.9 Å². The van der Waals surface area contributed by atoms with Gasteiger partial charge in [-0.2, -0.15) is 0 Å². The zero-order valence-electron chi connectivity index (χ0n) is 10.9. The SMILES string of the molecule is CCOc1cccc(N)c1C(=O)OCc1sccc1Br. The molecule has 0 fully saturated rings. The molecule has 0 aliphatic heterocycles. The third-order valence-corrected chi connectivity index (χ3v) is 4.49. The van der Waals surface area contributed by atoms with Gasteiger partial charge in [0.2, 0.25) is 0 Å². The summed E-state index contributed by atoms with van der Waals surface area (Å²) in [6, 6.07) is 7.01. The van der Waals surface area contributed by atoms with Crippen molar-refractivity contribution in [3.63, 3.8) is 0 Å². The maximum absolute atomic E-state index is 12.2. The second-order valence-electron chi connectivity index (χ2n) is 3.92. The summed E-state index contributed by atoms with van der Waals surface area (Å²) in [5.74, 6) is -0.0328. The van der Waals surface area contributed by atoms with Gasteiger partial charge in [-0.3, -0.25) is 0 Å². The molecule has 1 heterocycles. The van der Waals surface area contributed by atoms with E-state index in [0.717, 1.165) is 9.35 Å². The normalized spacial score (nSPS) is 10.3. The Morgan fingerprint density at radius 3 is 2.85 bits per heavy atom. The molecule has 6 heteroatoms. The van der Waals surface area contributed by atoms with Crippen LogP contribution in [0.2, 0.25) is 0 Å². The summed E-state index contributed by atoms with van der Waals surface area (Å²) in [7, 11) is 0. The number of anilines is 1. The summed E-state index contributed by atoms with van der Waals surface area (Å²) in [5, 5.41) is 1.93. The van der Waals surface area contributed by atoms with Gasteiger partial charge < -0.3 is 15.2 Å². The molecule has 20 heavy (non-hydrogen) atoms. The van der Waals surface area contributed by atoms with E-state index in [2.05, 4.69) is 15.9 Å². The lowest BCUT2D eigenvalue weighted by atomic mass is 10.1. The number of hydrogen-bond acceptors (Lipinski definition) is 5. The molecule has 0 amide bonds. The minimum atomic E-state index is -0.480. The molecule has 0 saturated carbocycles. The molecule has 2 N–H and O–H groups in total. The number of hydrogen-bond donors (Lipinski definition) is 1. The van der Waals surface area contributed by atoms with E-state index in [1.807, 2.05) is 18.4 Å². The number of nitrogen functional groups attached to an aromatic ring is 1. The number of carbonyl (C=O) groups is 1. The Hall–Kier alpha value is -1.53. The topological polar surface area (TPSA) is 61.5 Å². The van der Waals surface area contributed by atoms with Gasteiger partial charge >= 0.3 is 5.97 Å². The number of ether oxygens (including phenoxy) is 2. The quantitative estimate of drug-likeness (QED) is 0.653. The van der Waals surface area contributed by atoms with Gasteiger partial charge in [-0.25, -0.2) is 4.79 Å². The van der Waals surface area contributed by atoms with Crippen LogP contribution < -0.4 is 10.5 Å². The van der Waals surface area contributed by atoms with E-state index in [1.165, 1.54) is 11.3 Å². The lowest BCUT2D eigenvalue weighted by Crippen LogP contribution is -2.10. The Morgan fingerprint density at radius 1 is 1.40 bits per heavy atom. The second-order valence-corrected chi connectivity index (χ2v) is 5.78. The predicted molar refractivity (Wildman–Crippen MR) is 83.2 cm³/mol. The molecule has 1 aromatic carbocycles. The zero-order valence-corrected chi connectivity index (χ0v) is 13.3. The van der Waals surface area contributed by atoms with Crippen molar-refractivity contribution in [3.05, 3.63) is 44.6 Å². The van der Waals surface area contributed by atoms with Gasteiger partial charge in [0, 0.05) is 10.2 Å². The van der Waals surface area contributed by atoms with Gasteiger partial charge in [0.1, 0.15) is 17.9 Å². The molecule has 0 radical (unpaired) electrons. The Morgan fingerprint density at radius 2 is 2.20 bits per heavy atom. The highest BCUT2D eigenvalue weighted by molar-refractivity contribution is 9.10. The largest absolute Gasteiger partial charge is 0.493 e. The zero-order chi connectivity index (χ0) is 14.5. The van der Waals surface area contributed by atoms with Crippen molar-refractivity contribution in [3.8, 4) is 5.75 Å². The summed E-state index contributed by atoms with van der Waals surface area (Å²) >= 11 is 4.91. The Balaban J connectivity index is 2.15. The third-order valence-electron chi connectivity index (χ3n) is 2.59. The van der Waals surface area contributed by atoms with Gasteiger partial charge in [0.05, 0.1) is 11.5 Å². The molecule has 2 rings (SSSR count). The summed E-state index contributed by atoms with van der Waals surface area (Å²) in [5.41, 5.74) is 6.48. The Labute approximate surface area is 129 Å². The first-order valence-corrected chi connectivity index (χ1v) is 7.71. The number of benzene rings is 1. The van der Waals surface area contributed by atoms with E-state index < -0.39 is 5.97 Å². The molecule has 4 nitrogen and oxygen atoms in total. The van der Waals surface area contributed by atoms with Crippen molar-refractivity contribution in [1.82, 2.24) is 0 Å². The fraction of sp³-hybridized carbons (Fsp3) is 0.214. The minimum Gasteiger partial charge on any atom is -0.493 e. The monoisotopic (exact) mass is 355 g/mol. The van der Waals surface area contributed by atoms with E-state index in [0.29, 0.717) is 18.0 Å². The summed E-state index contributed by atoms with van der Waals surface area (Å²) < 4.78 is 11.6. The minimum absolute atomic E-state index is 0.205. The average molecular weight is 356 g/mol. The van der Waals surface area contributed by atoms with E-state index in [-0.39, 0.29) is 12.2 Å². The lowest BCUT2D eigenvalue weighted by molar-refractivity contribution is 0.0473. The van der Waals surface area contributed by atoms with Crippen molar-refractivity contribution in [2.24, 2.45) is 0 Å². The van der Waals surface area contributed by atoms with E-state index in [1.54, 1.807) is 18.2 Å². The molecule has 0 atom stereocenters. The van der Waals surface area contributed by atoms with Crippen LogP contribution in [0.15, 0.2) is 34.1 Å². The summed E-state index contributed by atoms with van der Waals surface area (Å²) in [6.45, 7) is 2.51. The van der Waals surface area contributed by atoms with Gasteiger partial charge in [-0.15, -0.1) is 11.3 Å². The molecule has 106 valence electrons. The highest BCUT2D eigenvalue weighted by Gasteiger charge is 2.18. The second kappa shape index (κ2) is 6.76. The third kappa shape index (κ3) is 3.32. The number of halogens is 1. The van der Waals surface area contributed by atoms with E-state index in [4.69, 9.17) is 15.2 Å². The first-order chi connectivity index (χ1) is 9.63. The molecule has 2 aromatic rings. The highest BCUT2D eigenvalue weighted by atomic mass is 79.9. The average Bonchev–Trinajstić information content (AvgIpc) is 2.82. The summed E-state index contributed by atoms with van der Waals surface area (Å²) in [6.07, 6.45) is 0. The van der Waals surface area contributed by atoms with Crippen LogP contribution in [-0.4, -0.2) is 12.6 Å². The Bertz CT molecular complexity index is 612. The van der Waals surface area contributed by atoms with Crippen LogP contribution >= 0.6 is 27.3 Å². The molecule has 1 aromatic heterocycles. The van der Waals surface area contributed by atoms with Crippen molar-refractivity contribution in [1.29, 1.82) is 0 Å². The number of esters is 1. The first kappa shape index (κ1) is 14.9. The van der Waals surface area contributed by atoms with Gasteiger partial charge in [0.25, 0.3) is 0 Å². The molecule has 0 unspecified atom stereocenters. The number of thiophene rings is 1. The lowest BCUT2D eigenvalue weighted by Gasteiger charge is -2.11. The van der Waals surface area contributed by atoms with Crippen LogP contribution in [-0.2, 0) is 11.3 Å². The number of rotatable bonds is 5. The standard InChI is InChI=1S/C14H14BrNO3S/c1-2-18-11-5-3-4-10(16)13(11)14(17)19-8-12-9(15)6-7-20-12/h3-7H,2,8,16H2,1H3. The van der Waals surface area contributed by atoms with Crippen LogP contribution in [0.5, 0.6) is 5.75 Å². The van der Waals surface area contributed by atoms with E-state index >= 15 is 0 Å². The van der Waals surface area contributed by atoms with Crippen LogP contribution in [0, 0.1) is 0 Å². The predicted octanol–water partition coefficient (Wildman–Crippen LogP) is 3.85. The van der Waals surface area contributed by atoms with Crippen LogP contribution in [0.1, 0.15) is 22.2 Å². The fourth-order valence-corrected chi connectivity index (χ4v) is 3.05. The Kier molecular flexibility index (Phi) is 5.03. The van der Waals surface area contributed by atoms with Crippen LogP contribution in [0.4, 0.5) is 5.69 Å². The van der Waals surface area contributed by atoms with Crippen molar-refractivity contribution in [2.45, 2.75) is 13.5 Å². The molecule has 0 aliphatic carbocycles. The highest BCUT2D eigenvalue weighted by Crippen LogP contribution is 2.27. The molecular weight excluding hydrogens is 342 g/mol. The molecule has 0 saturated heterocycles. The smallest absolute Gasteiger partial charge is 0.344 e. The van der Waals surface area contributed by atoms with Crippen molar-refractivity contribution < 1.29 is 14.3 Å².